The van der Waals surface area contributed by atoms with Crippen LogP contribution in [-0.2, 0) is 0 Å². The predicted octanol–water partition coefficient (Wildman–Crippen LogP) is 19.8. The van der Waals surface area contributed by atoms with E-state index in [1.54, 1.807) is 0 Å². The van der Waals surface area contributed by atoms with Gasteiger partial charge in [0, 0.05) is 0 Å². The summed E-state index contributed by atoms with van der Waals surface area (Å²) in [6.45, 7) is 2.30. The molecule has 0 amide bonds. The van der Waals surface area contributed by atoms with Crippen molar-refractivity contribution in [2.45, 2.75) is 6.92 Å². The topological polar surface area (TPSA) is 0 Å². The van der Waals surface area contributed by atoms with Crippen molar-refractivity contribution < 1.29 is 0 Å². The minimum atomic E-state index is 1.26. The second-order valence-corrected chi connectivity index (χ2v) is 20.1. The maximum Gasteiger partial charge on any atom is -0.000695 e. The molecule has 0 unspecified atom stereocenters. The third-order valence-corrected chi connectivity index (χ3v) is 17.1. The van der Waals surface area contributed by atoms with Crippen LogP contribution >= 0.6 is 0 Å². The van der Waals surface area contributed by atoms with Gasteiger partial charge in [-0.3, -0.25) is 0 Å². The Hall–Kier alpha value is -8.84. The first kappa shape index (κ1) is 35.4. The first-order chi connectivity index (χ1) is 34.2. The molecule has 0 heteroatoms. The van der Waals surface area contributed by atoms with Crippen LogP contribution in [0.15, 0.2) is 200 Å². The van der Waals surface area contributed by atoms with Crippen LogP contribution in [0.25, 0.3) is 184 Å². The maximum absolute atomic E-state index is 2.50. The summed E-state index contributed by atoms with van der Waals surface area (Å²) >= 11 is 0. The van der Waals surface area contributed by atoms with E-state index in [1.807, 2.05) is 0 Å². The predicted molar refractivity (Wildman–Crippen MR) is 301 cm³/mol. The Morgan fingerprint density at radius 2 is 0.551 bits per heavy atom. The average Bonchev–Trinajstić information content (AvgIpc) is 4.13. The molecule has 0 saturated heterocycles. The highest BCUT2D eigenvalue weighted by atomic mass is 14.3. The minimum Gasteiger partial charge on any atom is -0.0620 e. The summed E-state index contributed by atoms with van der Waals surface area (Å²) in [6, 6.07) is 77.0. The third-order valence-electron chi connectivity index (χ3n) is 17.1. The standard InChI is InChI=1S/C69H36/c1-35-12-2-4-18-39(35)63-66-50-24-9-15-37-16-10-25-51(56(37)50)67(66)65(42-22-8-14-36-13-3-5-19-40(36)42)69-54-33-30-48-46-28-31-52-60-49(27-26-45(58(46)60)47-29-32-53(68(63)69)61(54)59(47)48)55-34-38-17-11-23-43-41-20-6-7-21-44(41)64(57(38)43)62(52)55/h2-34H,1H3. The van der Waals surface area contributed by atoms with Gasteiger partial charge in [-0.1, -0.05) is 194 Å². The Kier molecular flexibility index (Phi) is 6.15. The van der Waals surface area contributed by atoms with Gasteiger partial charge in [-0.15, -0.1) is 0 Å². The summed E-state index contributed by atoms with van der Waals surface area (Å²) in [5.74, 6) is 0. The lowest BCUT2D eigenvalue weighted by atomic mass is 9.85. The molecule has 312 valence electrons. The Balaban J connectivity index is 1.07. The molecule has 0 saturated carbocycles. The number of hydrogen-bond donors (Lipinski definition) is 0. The van der Waals surface area contributed by atoms with E-state index in [4.69, 9.17) is 0 Å². The zero-order chi connectivity index (χ0) is 44.5. The summed E-state index contributed by atoms with van der Waals surface area (Å²) in [5, 5.41) is 40.4. The van der Waals surface area contributed by atoms with Crippen LogP contribution in [0.4, 0.5) is 0 Å². The Labute approximate surface area is 394 Å². The zero-order valence-electron chi connectivity index (χ0n) is 37.6. The lowest BCUT2D eigenvalue weighted by Gasteiger charge is -2.18. The van der Waals surface area contributed by atoms with Crippen molar-refractivity contribution in [1.29, 1.82) is 0 Å². The molecule has 69 heavy (non-hydrogen) atoms. The van der Waals surface area contributed by atoms with Gasteiger partial charge in [0.05, 0.1) is 0 Å². The quantitative estimate of drug-likeness (QED) is 0.120. The molecule has 0 nitrogen and oxygen atoms in total. The van der Waals surface area contributed by atoms with E-state index in [1.165, 1.54) is 189 Å². The Morgan fingerprint density at radius 3 is 1.22 bits per heavy atom. The molecule has 0 aliphatic heterocycles. The van der Waals surface area contributed by atoms with Crippen molar-refractivity contribution in [1.82, 2.24) is 0 Å². The molecule has 0 bridgehead atoms. The van der Waals surface area contributed by atoms with E-state index < -0.39 is 0 Å². The Bertz CT molecular complexity index is 5270. The highest BCUT2D eigenvalue weighted by Crippen LogP contribution is 2.59. The molecule has 18 aromatic carbocycles. The van der Waals surface area contributed by atoms with Gasteiger partial charge in [-0.25, -0.2) is 0 Å². The van der Waals surface area contributed by atoms with Gasteiger partial charge in [-0.05, 0) is 202 Å². The molecule has 0 aliphatic carbocycles. The van der Waals surface area contributed by atoms with Crippen LogP contribution in [0.5, 0.6) is 0 Å². The minimum absolute atomic E-state index is 1.26. The molecular formula is C69H36. The van der Waals surface area contributed by atoms with Crippen molar-refractivity contribution in [3.05, 3.63) is 206 Å². The van der Waals surface area contributed by atoms with Crippen molar-refractivity contribution in [2.75, 3.05) is 0 Å². The fourth-order valence-electron chi connectivity index (χ4n) is 14.5. The first-order valence-corrected chi connectivity index (χ1v) is 24.4. The smallest absolute Gasteiger partial charge is 0.000695 e. The van der Waals surface area contributed by atoms with Crippen molar-refractivity contribution >= 4 is 162 Å². The van der Waals surface area contributed by atoms with Crippen LogP contribution in [-0.4, -0.2) is 0 Å². The molecule has 0 fully saturated rings. The summed E-state index contributed by atoms with van der Waals surface area (Å²) in [7, 11) is 0. The van der Waals surface area contributed by atoms with Crippen molar-refractivity contribution in [3.63, 3.8) is 0 Å². The molecule has 0 N–H and O–H groups in total. The fraction of sp³-hybridized carbons (Fsp3) is 0.0145. The van der Waals surface area contributed by atoms with Gasteiger partial charge in [0.25, 0.3) is 0 Å². The van der Waals surface area contributed by atoms with E-state index in [2.05, 4.69) is 207 Å². The summed E-state index contributed by atoms with van der Waals surface area (Å²) in [5.41, 5.74) is 6.57. The monoisotopic (exact) mass is 864 g/mol. The second-order valence-electron chi connectivity index (χ2n) is 20.1. The number of aryl methyl sites for hydroxylation is 1. The van der Waals surface area contributed by atoms with E-state index in [-0.39, 0.29) is 0 Å². The number of benzene rings is 14. The fourth-order valence-corrected chi connectivity index (χ4v) is 14.5. The molecule has 18 rings (SSSR count). The van der Waals surface area contributed by atoms with Gasteiger partial charge < -0.3 is 0 Å². The van der Waals surface area contributed by atoms with Crippen LogP contribution in [0.2, 0.25) is 0 Å². The highest BCUT2D eigenvalue weighted by molar-refractivity contribution is 6.52. The summed E-state index contributed by atoms with van der Waals surface area (Å²) in [6.07, 6.45) is 0. The Morgan fingerprint density at radius 1 is 0.188 bits per heavy atom. The van der Waals surface area contributed by atoms with Gasteiger partial charge in [0.2, 0.25) is 0 Å². The summed E-state index contributed by atoms with van der Waals surface area (Å²) < 4.78 is 0. The number of rotatable bonds is 2. The third kappa shape index (κ3) is 3.99. The number of fused-ring (bicyclic) bond motifs is 16. The van der Waals surface area contributed by atoms with E-state index >= 15 is 0 Å². The lowest BCUT2D eigenvalue weighted by molar-refractivity contribution is 1.48. The van der Waals surface area contributed by atoms with E-state index in [9.17, 15) is 0 Å². The van der Waals surface area contributed by atoms with E-state index in [0.29, 0.717) is 0 Å². The SMILES string of the molecule is Cc1ccccc1-c1c2c3cccc4cccc(c2c(-c2cccc5ccccc25)c2c5ccc6c7ccc8c9c(ccc(c%10ccc(c12)c5c%106)c79)c1cc2cccc5c6ccccc6c(c25)c18)c43. The molecule has 0 heterocycles. The average molecular weight is 865 g/mol. The maximum atomic E-state index is 2.50. The lowest BCUT2D eigenvalue weighted by Crippen LogP contribution is -1.90. The molecule has 0 spiro atoms. The highest BCUT2D eigenvalue weighted by Gasteiger charge is 2.30. The molecule has 18 aromatic rings. The van der Waals surface area contributed by atoms with Crippen molar-refractivity contribution in [2.24, 2.45) is 0 Å². The number of hydrogen-bond acceptors (Lipinski definition) is 0. The van der Waals surface area contributed by atoms with Gasteiger partial charge >= 0.3 is 0 Å². The van der Waals surface area contributed by atoms with Gasteiger partial charge in [-0.2, -0.15) is 0 Å². The molecule has 0 aliphatic rings. The molecule has 0 atom stereocenters. The van der Waals surface area contributed by atoms with Crippen LogP contribution in [0.1, 0.15) is 5.56 Å². The first-order valence-electron chi connectivity index (χ1n) is 24.4. The van der Waals surface area contributed by atoms with Crippen LogP contribution < -0.4 is 0 Å². The van der Waals surface area contributed by atoms with Crippen LogP contribution in [0, 0.1) is 6.92 Å². The van der Waals surface area contributed by atoms with E-state index in [0.717, 1.165) is 0 Å². The van der Waals surface area contributed by atoms with Gasteiger partial charge in [0.1, 0.15) is 0 Å². The largest absolute Gasteiger partial charge is 0.0620 e. The molecule has 0 radical (unpaired) electrons. The second kappa shape index (κ2) is 12.0. The van der Waals surface area contributed by atoms with Crippen LogP contribution in [0.3, 0.4) is 0 Å². The zero-order valence-corrected chi connectivity index (χ0v) is 37.6. The van der Waals surface area contributed by atoms with Gasteiger partial charge in [0.15, 0.2) is 0 Å². The normalized spacial score (nSPS) is 13.0. The summed E-state index contributed by atoms with van der Waals surface area (Å²) in [4.78, 5) is 0. The molecule has 0 aromatic heterocycles. The van der Waals surface area contributed by atoms with Crippen molar-refractivity contribution in [3.8, 4) is 22.3 Å². The molecular weight excluding hydrogens is 829 g/mol.